The third kappa shape index (κ3) is 6.68. The van der Waals surface area contributed by atoms with Gasteiger partial charge in [-0.3, -0.25) is 4.79 Å². The van der Waals surface area contributed by atoms with Gasteiger partial charge in [-0.25, -0.2) is 0 Å². The van der Waals surface area contributed by atoms with E-state index in [4.69, 9.17) is 28.4 Å². The highest BCUT2D eigenvalue weighted by Crippen LogP contribution is 2.61. The van der Waals surface area contributed by atoms with Crippen LogP contribution >= 0.6 is 0 Å². The summed E-state index contributed by atoms with van der Waals surface area (Å²) in [6, 6.07) is 6.61. The van der Waals surface area contributed by atoms with Crippen LogP contribution in [0.25, 0.3) is 0 Å². The van der Waals surface area contributed by atoms with Crippen LogP contribution in [0.15, 0.2) is 29.8 Å². The van der Waals surface area contributed by atoms with Crippen LogP contribution < -0.4 is 10.1 Å². The van der Waals surface area contributed by atoms with Crippen LogP contribution in [-0.4, -0.2) is 85.1 Å². The molecular formula is C31H45NO7. The van der Waals surface area contributed by atoms with Gasteiger partial charge in [0.1, 0.15) is 5.75 Å². The second-order valence-electron chi connectivity index (χ2n) is 11.4. The van der Waals surface area contributed by atoms with Gasteiger partial charge in [-0.2, -0.15) is 0 Å². The second-order valence-corrected chi connectivity index (χ2v) is 11.4. The molecule has 0 bridgehead atoms. The van der Waals surface area contributed by atoms with Gasteiger partial charge in [-0.1, -0.05) is 19.1 Å². The Morgan fingerprint density at radius 1 is 1.00 bits per heavy atom. The number of hydrogen-bond acceptors (Lipinski definition) is 7. The number of fused-ring (bicyclic) bond motifs is 5. The molecule has 1 heterocycles. The molecule has 1 unspecified atom stereocenters. The average Bonchev–Trinajstić information content (AvgIpc) is 3.31. The van der Waals surface area contributed by atoms with Gasteiger partial charge in [0, 0.05) is 17.5 Å². The third-order valence-electron chi connectivity index (χ3n) is 9.25. The number of methoxy groups -OCH3 is 1. The van der Waals surface area contributed by atoms with E-state index in [1.165, 1.54) is 17.5 Å². The number of carbonyl (C=O) groups excluding carboxylic acids is 1. The van der Waals surface area contributed by atoms with E-state index in [2.05, 4.69) is 36.5 Å². The maximum Gasteiger partial charge on any atom is 0.247 e. The molecule has 1 aromatic carbocycles. The Balaban J connectivity index is 1.17. The Bertz CT molecular complexity index is 981. The number of benzene rings is 1. The minimum absolute atomic E-state index is 0.0376. The Hall–Kier alpha value is -1.97. The van der Waals surface area contributed by atoms with Crippen molar-refractivity contribution in [3.05, 3.63) is 41.0 Å². The molecular weight excluding hydrogens is 498 g/mol. The molecule has 3 aliphatic carbocycles. The summed E-state index contributed by atoms with van der Waals surface area (Å²) in [5.74, 6) is 2.68. The van der Waals surface area contributed by atoms with Crippen molar-refractivity contribution in [2.45, 2.75) is 51.0 Å². The first-order valence-electron chi connectivity index (χ1n) is 14.7. The van der Waals surface area contributed by atoms with Crippen LogP contribution in [0, 0.1) is 17.3 Å². The summed E-state index contributed by atoms with van der Waals surface area (Å²) in [6.45, 7) is 7.18. The zero-order valence-electron chi connectivity index (χ0n) is 23.6. The number of allylic oxidation sites excluding steroid dienone is 1. The summed E-state index contributed by atoms with van der Waals surface area (Å²) in [5.41, 5.74) is 3.81. The first-order chi connectivity index (χ1) is 19.1. The Morgan fingerprint density at radius 3 is 2.46 bits per heavy atom. The predicted molar refractivity (Wildman–Crippen MR) is 147 cm³/mol. The molecule has 1 aliphatic heterocycles. The van der Waals surface area contributed by atoms with Crippen molar-refractivity contribution in [1.29, 1.82) is 0 Å². The Kier molecular flexibility index (Phi) is 9.95. The van der Waals surface area contributed by atoms with Gasteiger partial charge in [0.05, 0.1) is 72.7 Å². The van der Waals surface area contributed by atoms with Crippen molar-refractivity contribution >= 4 is 5.91 Å². The van der Waals surface area contributed by atoms with E-state index in [9.17, 15) is 4.79 Å². The molecule has 39 heavy (non-hydrogen) atoms. The molecule has 1 aromatic rings. The van der Waals surface area contributed by atoms with Crippen LogP contribution in [-0.2, 0) is 34.9 Å². The van der Waals surface area contributed by atoms with Crippen LogP contribution in [0.5, 0.6) is 5.75 Å². The van der Waals surface area contributed by atoms with Gasteiger partial charge < -0.3 is 33.7 Å². The van der Waals surface area contributed by atoms with Crippen molar-refractivity contribution in [3.8, 4) is 5.75 Å². The molecule has 5 atom stereocenters. The maximum absolute atomic E-state index is 13.5. The van der Waals surface area contributed by atoms with Crippen LogP contribution in [0.3, 0.4) is 0 Å². The summed E-state index contributed by atoms with van der Waals surface area (Å²) >= 11 is 0. The number of amides is 1. The summed E-state index contributed by atoms with van der Waals surface area (Å²) in [5, 5.41) is 3.18. The minimum atomic E-state index is -0.243. The van der Waals surface area contributed by atoms with Gasteiger partial charge in [0.25, 0.3) is 0 Å². The molecule has 0 spiro atoms. The second kappa shape index (κ2) is 13.6. The monoisotopic (exact) mass is 543 g/mol. The van der Waals surface area contributed by atoms with E-state index in [1.54, 1.807) is 7.11 Å². The topological polar surface area (TPSA) is 84.5 Å². The quantitative estimate of drug-likeness (QED) is 0.620. The van der Waals surface area contributed by atoms with Crippen molar-refractivity contribution < 1.29 is 33.2 Å². The summed E-state index contributed by atoms with van der Waals surface area (Å²) in [4.78, 5) is 13.5. The van der Waals surface area contributed by atoms with Gasteiger partial charge in [-0.15, -0.1) is 0 Å². The summed E-state index contributed by atoms with van der Waals surface area (Å²) in [6.07, 6.45) is 7.37. The number of hydrogen-bond donors (Lipinski definition) is 1. The number of aryl methyl sites for hydroxylation is 1. The molecule has 1 saturated carbocycles. The van der Waals surface area contributed by atoms with Crippen LogP contribution in [0.2, 0.25) is 0 Å². The first-order valence-corrected chi connectivity index (χ1v) is 14.7. The standard InChI is InChI=1S/C31H45NO7/c1-31-10-9-26-25-6-4-23(34-2)19-22(25)3-5-27(26)28(31)7-8-29(31)30(33)32-20-24-21-38-16-15-36-12-11-35-13-14-37-17-18-39-24/h4,6,8,19,24,26-28H,3,5,7,9-18,20-21H2,1-2H3,(H,32,33)/t24?,26-,27-,28+,31+/m1/s1. The van der Waals surface area contributed by atoms with Crippen molar-refractivity contribution in [3.63, 3.8) is 0 Å². The molecule has 1 amide bonds. The van der Waals surface area contributed by atoms with E-state index in [1.807, 2.05) is 0 Å². The number of nitrogens with one attached hydrogen (secondary N) is 1. The number of ether oxygens (including phenoxy) is 6. The predicted octanol–water partition coefficient (Wildman–Crippen LogP) is 3.67. The summed E-state index contributed by atoms with van der Waals surface area (Å²) in [7, 11) is 1.74. The van der Waals surface area contributed by atoms with E-state index < -0.39 is 0 Å². The largest absolute Gasteiger partial charge is 0.497 e. The lowest BCUT2D eigenvalue weighted by Crippen LogP contribution is -2.45. The smallest absolute Gasteiger partial charge is 0.247 e. The molecule has 2 fully saturated rings. The zero-order valence-corrected chi connectivity index (χ0v) is 23.6. The highest BCUT2D eigenvalue weighted by molar-refractivity contribution is 5.95. The number of carbonyl (C=O) groups is 1. The molecule has 5 rings (SSSR count). The maximum atomic E-state index is 13.5. The van der Waals surface area contributed by atoms with E-state index in [-0.39, 0.29) is 17.4 Å². The lowest BCUT2D eigenvalue weighted by atomic mass is 9.54. The van der Waals surface area contributed by atoms with Gasteiger partial charge in [0.2, 0.25) is 5.91 Å². The SMILES string of the molecule is COc1ccc2c(c1)CC[C@@H]1[C@@H]2CC[C@]2(C)C(C(=O)NCC3COCCOCCOCCOCCO3)=CC[C@@H]12. The number of rotatable bonds is 4. The Morgan fingerprint density at radius 2 is 1.72 bits per heavy atom. The van der Waals surface area contributed by atoms with Crippen molar-refractivity contribution in [1.82, 2.24) is 5.32 Å². The molecule has 1 N–H and O–H groups in total. The minimum Gasteiger partial charge on any atom is -0.497 e. The molecule has 0 aromatic heterocycles. The lowest BCUT2D eigenvalue weighted by Gasteiger charge is -2.50. The van der Waals surface area contributed by atoms with Crippen molar-refractivity contribution in [2.75, 3.05) is 73.1 Å². The molecule has 0 radical (unpaired) electrons. The van der Waals surface area contributed by atoms with Gasteiger partial charge >= 0.3 is 0 Å². The fraction of sp³-hybridized carbons (Fsp3) is 0.710. The highest BCUT2D eigenvalue weighted by atomic mass is 16.6. The van der Waals surface area contributed by atoms with Gasteiger partial charge in [0.15, 0.2) is 0 Å². The van der Waals surface area contributed by atoms with Crippen LogP contribution in [0.1, 0.15) is 49.7 Å². The van der Waals surface area contributed by atoms with Crippen molar-refractivity contribution in [2.24, 2.45) is 17.3 Å². The average molecular weight is 544 g/mol. The first kappa shape index (κ1) is 28.6. The highest BCUT2D eigenvalue weighted by Gasteiger charge is 2.53. The van der Waals surface area contributed by atoms with E-state index >= 15 is 0 Å². The zero-order chi connectivity index (χ0) is 27.1. The lowest BCUT2D eigenvalue weighted by molar-refractivity contribution is -0.120. The Labute approximate surface area is 232 Å². The molecule has 216 valence electrons. The molecule has 8 nitrogen and oxygen atoms in total. The normalized spacial score (nSPS) is 32.4. The van der Waals surface area contributed by atoms with Gasteiger partial charge in [-0.05, 0) is 73.1 Å². The molecule has 8 heteroatoms. The fourth-order valence-corrected chi connectivity index (χ4v) is 7.22. The summed E-state index contributed by atoms with van der Waals surface area (Å²) < 4.78 is 33.8. The van der Waals surface area contributed by atoms with E-state index in [0.717, 1.165) is 37.0 Å². The van der Waals surface area contributed by atoms with Crippen LogP contribution in [0.4, 0.5) is 0 Å². The fourth-order valence-electron chi connectivity index (χ4n) is 7.22. The molecule has 1 saturated heterocycles. The van der Waals surface area contributed by atoms with E-state index in [0.29, 0.717) is 83.8 Å². The third-order valence-corrected chi connectivity index (χ3v) is 9.25. The molecule has 4 aliphatic rings.